The third-order valence-electron chi connectivity index (χ3n) is 11.0. The molecular weight excluding hydrogens is 729 g/mol. The third kappa shape index (κ3) is 6.01. The number of ether oxygens (including phenoxy) is 1. The van der Waals surface area contributed by atoms with E-state index in [9.17, 15) is 0 Å². The maximum atomic E-state index is 6.38. The highest BCUT2D eigenvalue weighted by Crippen LogP contribution is 2.48. The molecule has 0 fully saturated rings. The van der Waals surface area contributed by atoms with E-state index in [-0.39, 0.29) is 5.41 Å². The van der Waals surface area contributed by atoms with E-state index in [4.69, 9.17) is 39.1 Å². The van der Waals surface area contributed by atoms with Gasteiger partial charge in [0.25, 0.3) is 0 Å². The Kier molecular flexibility index (Phi) is 7.97. The summed E-state index contributed by atoms with van der Waals surface area (Å²) in [6, 6.07) is 56.5. The molecule has 8 nitrogen and oxygen atoms in total. The van der Waals surface area contributed by atoms with Gasteiger partial charge in [-0.3, -0.25) is 0 Å². The monoisotopic (exact) mass is 762 g/mol. The van der Waals surface area contributed by atoms with Crippen molar-refractivity contribution in [3.8, 4) is 79.8 Å². The zero-order chi connectivity index (χ0) is 39.5. The lowest BCUT2D eigenvalue weighted by molar-refractivity contribution is 0.418. The van der Waals surface area contributed by atoms with Gasteiger partial charge in [-0.2, -0.15) is 0 Å². The molecule has 59 heavy (non-hydrogen) atoms. The summed E-state index contributed by atoms with van der Waals surface area (Å²) in [6.45, 7) is 4.45. The first-order valence-corrected chi connectivity index (χ1v) is 19.5. The van der Waals surface area contributed by atoms with E-state index in [0.29, 0.717) is 34.9 Å². The quantitative estimate of drug-likeness (QED) is 0.165. The number of furan rings is 1. The number of benzene rings is 7. The van der Waals surface area contributed by atoms with E-state index in [1.165, 1.54) is 0 Å². The Morgan fingerprint density at radius 1 is 0.373 bits per heavy atom. The number of hydrogen-bond donors (Lipinski definition) is 0. The summed E-state index contributed by atoms with van der Waals surface area (Å²) in [6.07, 6.45) is 0. The van der Waals surface area contributed by atoms with Crippen molar-refractivity contribution < 1.29 is 9.15 Å². The maximum Gasteiger partial charge on any atom is 0.164 e. The van der Waals surface area contributed by atoms with Gasteiger partial charge >= 0.3 is 0 Å². The fraction of sp³-hybridized carbons (Fsp3) is 0.0588. The van der Waals surface area contributed by atoms with Gasteiger partial charge in [-0.15, -0.1) is 0 Å². The Morgan fingerprint density at radius 2 is 0.864 bits per heavy atom. The zero-order valence-corrected chi connectivity index (χ0v) is 32.2. The van der Waals surface area contributed by atoms with E-state index in [1.54, 1.807) is 0 Å². The van der Waals surface area contributed by atoms with E-state index < -0.39 is 0 Å². The lowest BCUT2D eigenvalue weighted by Crippen LogP contribution is -2.24. The van der Waals surface area contributed by atoms with Gasteiger partial charge in [-0.25, -0.2) is 29.9 Å². The molecule has 11 rings (SSSR count). The van der Waals surface area contributed by atoms with Gasteiger partial charge in [0, 0.05) is 60.7 Å². The number of nitrogens with zero attached hydrogens (tertiary/aromatic N) is 6. The van der Waals surface area contributed by atoms with Crippen molar-refractivity contribution in [1.29, 1.82) is 0 Å². The summed E-state index contributed by atoms with van der Waals surface area (Å²) >= 11 is 0. The first-order chi connectivity index (χ1) is 29.0. The fourth-order valence-corrected chi connectivity index (χ4v) is 8.03. The van der Waals surface area contributed by atoms with Gasteiger partial charge in [0.1, 0.15) is 22.7 Å². The largest absolute Gasteiger partial charge is 0.457 e. The second-order valence-corrected chi connectivity index (χ2v) is 15.1. The van der Waals surface area contributed by atoms with Crippen LogP contribution in [0.15, 0.2) is 174 Å². The molecule has 0 saturated carbocycles. The Hall–Kier alpha value is -7.84. The molecule has 1 aliphatic heterocycles. The van der Waals surface area contributed by atoms with Crippen molar-refractivity contribution >= 4 is 21.9 Å². The normalized spacial score (nSPS) is 12.8. The lowest BCUT2D eigenvalue weighted by Gasteiger charge is -2.34. The van der Waals surface area contributed by atoms with Crippen molar-refractivity contribution in [3.63, 3.8) is 0 Å². The number of para-hydroxylation sites is 2. The van der Waals surface area contributed by atoms with Crippen LogP contribution in [-0.4, -0.2) is 29.9 Å². The highest BCUT2D eigenvalue weighted by molar-refractivity contribution is 6.11. The summed E-state index contributed by atoms with van der Waals surface area (Å²) < 4.78 is 12.6. The van der Waals surface area contributed by atoms with Gasteiger partial charge in [0.2, 0.25) is 0 Å². The van der Waals surface area contributed by atoms with Gasteiger partial charge in [-0.1, -0.05) is 141 Å². The van der Waals surface area contributed by atoms with E-state index in [0.717, 1.165) is 77.9 Å². The van der Waals surface area contributed by atoms with Gasteiger partial charge in [-0.05, 0) is 42.5 Å². The number of hydrogen-bond acceptors (Lipinski definition) is 8. The average Bonchev–Trinajstić information content (AvgIpc) is 3.68. The SMILES string of the molecule is CC1(C)c2ccccc2Oc2ccc(-c3nc(-c4ccccc4)nc(-c4cccc(-c5nc(-c6ccccc6)nc(-c6cccc7oc8ccccc8c67)n5)c4)n3)cc21. The van der Waals surface area contributed by atoms with E-state index in [2.05, 4.69) is 38.1 Å². The Labute approximate surface area is 340 Å². The summed E-state index contributed by atoms with van der Waals surface area (Å²) in [4.78, 5) is 30.5. The van der Waals surface area contributed by atoms with Crippen LogP contribution in [0.3, 0.4) is 0 Å². The van der Waals surface area contributed by atoms with Crippen LogP contribution >= 0.6 is 0 Å². The van der Waals surface area contributed by atoms with Gasteiger partial charge in [0.05, 0.1) is 0 Å². The molecule has 280 valence electrons. The Balaban J connectivity index is 1.06. The van der Waals surface area contributed by atoms with Crippen LogP contribution in [0.4, 0.5) is 0 Å². The van der Waals surface area contributed by atoms with Gasteiger partial charge < -0.3 is 9.15 Å². The van der Waals surface area contributed by atoms with Crippen LogP contribution in [-0.2, 0) is 5.41 Å². The predicted octanol–water partition coefficient (Wildman–Crippen LogP) is 12.4. The molecule has 0 saturated heterocycles. The molecular formula is C51H34N6O2. The number of fused-ring (bicyclic) bond motifs is 5. The minimum atomic E-state index is -0.301. The molecule has 0 amide bonds. The summed E-state index contributed by atoms with van der Waals surface area (Å²) in [7, 11) is 0. The van der Waals surface area contributed by atoms with Crippen LogP contribution in [0, 0.1) is 0 Å². The maximum absolute atomic E-state index is 6.38. The minimum absolute atomic E-state index is 0.301. The first kappa shape index (κ1) is 34.4. The van der Waals surface area contributed by atoms with Crippen LogP contribution in [0.2, 0.25) is 0 Å². The zero-order valence-electron chi connectivity index (χ0n) is 32.2. The molecule has 0 spiro atoms. The molecule has 0 N–H and O–H groups in total. The molecule has 1 aliphatic rings. The molecule has 8 heteroatoms. The average molecular weight is 763 g/mol. The Morgan fingerprint density at radius 3 is 1.54 bits per heavy atom. The summed E-state index contributed by atoms with van der Waals surface area (Å²) in [5, 5.41) is 1.96. The number of rotatable bonds is 6. The smallest absolute Gasteiger partial charge is 0.164 e. The first-order valence-electron chi connectivity index (χ1n) is 19.5. The predicted molar refractivity (Wildman–Crippen MR) is 232 cm³/mol. The standard InChI is InChI=1S/C51H34N6O2/c1-51(2)38-23-10-12-25-41(38)59-42-28-27-35(30-39(42)51)49-53-45(31-15-5-3-6-16-31)52-47(55-49)33-19-13-20-34(29-33)48-54-46(32-17-7-4-8-18-32)56-50(57-48)37-22-14-26-43-44(37)36-21-9-11-24-40(36)58-43/h3-30H,1-2H3. The highest BCUT2D eigenvalue weighted by atomic mass is 16.5. The molecule has 0 atom stereocenters. The minimum Gasteiger partial charge on any atom is -0.457 e. The molecule has 4 heterocycles. The molecule has 3 aromatic heterocycles. The summed E-state index contributed by atoms with van der Waals surface area (Å²) in [5.41, 5.74) is 8.57. The molecule has 0 radical (unpaired) electrons. The fourth-order valence-electron chi connectivity index (χ4n) is 8.03. The second kappa shape index (κ2) is 13.7. The van der Waals surface area contributed by atoms with Crippen LogP contribution in [0.5, 0.6) is 11.5 Å². The van der Waals surface area contributed by atoms with E-state index in [1.807, 2.05) is 146 Å². The highest BCUT2D eigenvalue weighted by Gasteiger charge is 2.34. The summed E-state index contributed by atoms with van der Waals surface area (Å²) in [5.74, 6) is 5.00. The molecule has 0 aliphatic carbocycles. The number of aromatic nitrogens is 6. The third-order valence-corrected chi connectivity index (χ3v) is 11.0. The second-order valence-electron chi connectivity index (χ2n) is 15.1. The van der Waals surface area contributed by atoms with E-state index >= 15 is 0 Å². The lowest BCUT2D eigenvalue weighted by atomic mass is 9.75. The molecule has 0 unspecified atom stereocenters. The van der Waals surface area contributed by atoms with Crippen LogP contribution < -0.4 is 4.74 Å². The van der Waals surface area contributed by atoms with Crippen molar-refractivity contribution in [2.45, 2.75) is 19.3 Å². The van der Waals surface area contributed by atoms with Crippen molar-refractivity contribution in [1.82, 2.24) is 29.9 Å². The van der Waals surface area contributed by atoms with Crippen LogP contribution in [0.25, 0.3) is 90.3 Å². The molecule has 0 bridgehead atoms. The van der Waals surface area contributed by atoms with Gasteiger partial charge in [0.15, 0.2) is 34.9 Å². The Bertz CT molecular complexity index is 3230. The van der Waals surface area contributed by atoms with Crippen molar-refractivity contribution in [2.75, 3.05) is 0 Å². The topological polar surface area (TPSA) is 99.7 Å². The van der Waals surface area contributed by atoms with Crippen LogP contribution in [0.1, 0.15) is 25.0 Å². The molecule has 7 aromatic carbocycles. The van der Waals surface area contributed by atoms with Crippen molar-refractivity contribution in [3.05, 3.63) is 181 Å². The molecule has 10 aromatic rings. The van der Waals surface area contributed by atoms with Crippen molar-refractivity contribution in [2.24, 2.45) is 0 Å².